The van der Waals surface area contributed by atoms with E-state index in [1.165, 1.54) is 12.4 Å². The Bertz CT molecular complexity index is 789. The van der Waals surface area contributed by atoms with Gasteiger partial charge in [0.2, 0.25) is 5.88 Å². The van der Waals surface area contributed by atoms with Gasteiger partial charge < -0.3 is 10.5 Å². The van der Waals surface area contributed by atoms with Gasteiger partial charge in [-0.3, -0.25) is 0 Å². The van der Waals surface area contributed by atoms with Crippen molar-refractivity contribution in [3.63, 3.8) is 0 Å². The number of nitrogens with two attached hydrogens (primary N) is 1. The lowest BCUT2D eigenvalue weighted by atomic mass is 10.2. The van der Waals surface area contributed by atoms with Gasteiger partial charge in [-0.25, -0.2) is 14.4 Å². The van der Waals surface area contributed by atoms with Crippen LogP contribution in [-0.2, 0) is 0 Å². The minimum atomic E-state index is -0.439. The van der Waals surface area contributed by atoms with Gasteiger partial charge in [-0.05, 0) is 36.8 Å². The molecule has 0 atom stereocenters. The molecule has 1 heterocycles. The van der Waals surface area contributed by atoms with Crippen molar-refractivity contribution in [2.45, 2.75) is 6.92 Å². The number of anilines is 1. The van der Waals surface area contributed by atoms with Crippen molar-refractivity contribution in [2.24, 2.45) is 0 Å². The molecular weight excluding hydrogens is 257 g/mol. The zero-order valence-corrected chi connectivity index (χ0v) is 10.8. The number of halogens is 1. The lowest BCUT2D eigenvalue weighted by Crippen LogP contribution is -1.96. The van der Waals surface area contributed by atoms with Gasteiger partial charge in [0.25, 0.3) is 0 Å². The highest BCUT2D eigenvalue weighted by molar-refractivity contribution is 5.92. The first-order valence-corrected chi connectivity index (χ1v) is 6.08. The molecule has 0 aliphatic carbocycles. The van der Waals surface area contributed by atoms with Gasteiger partial charge >= 0.3 is 0 Å². The van der Waals surface area contributed by atoms with E-state index in [1.54, 1.807) is 30.3 Å². The highest BCUT2D eigenvalue weighted by Gasteiger charge is 2.10. The molecule has 4 nitrogen and oxygen atoms in total. The Morgan fingerprint density at radius 3 is 2.85 bits per heavy atom. The molecule has 20 heavy (non-hydrogen) atoms. The second kappa shape index (κ2) is 4.77. The molecule has 0 amide bonds. The van der Waals surface area contributed by atoms with Gasteiger partial charge in [-0.1, -0.05) is 12.1 Å². The van der Waals surface area contributed by atoms with Crippen molar-refractivity contribution in [1.29, 1.82) is 0 Å². The van der Waals surface area contributed by atoms with Crippen LogP contribution in [0.3, 0.4) is 0 Å². The van der Waals surface area contributed by atoms with Crippen molar-refractivity contribution in [2.75, 3.05) is 5.73 Å². The predicted molar refractivity (Wildman–Crippen MR) is 75.2 cm³/mol. The molecule has 0 radical (unpaired) electrons. The van der Waals surface area contributed by atoms with E-state index in [0.29, 0.717) is 16.6 Å². The van der Waals surface area contributed by atoms with Gasteiger partial charge in [0.1, 0.15) is 11.8 Å². The van der Waals surface area contributed by atoms with E-state index in [4.69, 9.17) is 10.5 Å². The van der Waals surface area contributed by atoms with Crippen molar-refractivity contribution in [1.82, 2.24) is 9.97 Å². The molecule has 0 spiro atoms. The van der Waals surface area contributed by atoms with Gasteiger partial charge in [-0.15, -0.1) is 0 Å². The monoisotopic (exact) mass is 269 g/mol. The summed E-state index contributed by atoms with van der Waals surface area (Å²) in [6.07, 6.45) is 1.35. The Balaban J connectivity index is 2.11. The number of benzene rings is 2. The van der Waals surface area contributed by atoms with Crippen LogP contribution >= 0.6 is 0 Å². The summed E-state index contributed by atoms with van der Waals surface area (Å²) in [5, 5.41) is 0.647. The summed E-state index contributed by atoms with van der Waals surface area (Å²) in [6.45, 7) is 1.86. The number of nitrogen functional groups attached to an aromatic ring is 1. The third-order valence-corrected chi connectivity index (χ3v) is 2.95. The first-order valence-electron chi connectivity index (χ1n) is 6.08. The SMILES string of the molecule is Cc1ccc(F)c(Oc2ncnc3c(N)cccc23)c1. The topological polar surface area (TPSA) is 61.0 Å². The Labute approximate surface area is 115 Å². The van der Waals surface area contributed by atoms with E-state index in [9.17, 15) is 4.39 Å². The Morgan fingerprint density at radius 2 is 2.00 bits per heavy atom. The van der Waals surface area contributed by atoms with Gasteiger partial charge in [0.05, 0.1) is 11.1 Å². The van der Waals surface area contributed by atoms with Crippen LogP contribution in [0.25, 0.3) is 10.9 Å². The van der Waals surface area contributed by atoms with Crippen LogP contribution in [0, 0.1) is 12.7 Å². The summed E-state index contributed by atoms with van der Waals surface area (Å²) in [6, 6.07) is 9.97. The summed E-state index contributed by atoms with van der Waals surface area (Å²) in [7, 11) is 0. The molecule has 0 saturated carbocycles. The average Bonchev–Trinajstić information content (AvgIpc) is 2.44. The number of hydrogen-bond acceptors (Lipinski definition) is 4. The smallest absolute Gasteiger partial charge is 0.230 e. The predicted octanol–water partition coefficient (Wildman–Crippen LogP) is 3.45. The van der Waals surface area contributed by atoms with Crippen molar-refractivity contribution >= 4 is 16.6 Å². The third kappa shape index (κ3) is 2.14. The molecule has 0 bridgehead atoms. The molecule has 0 saturated heterocycles. The largest absolute Gasteiger partial charge is 0.435 e. The van der Waals surface area contributed by atoms with E-state index in [2.05, 4.69) is 9.97 Å². The number of ether oxygens (including phenoxy) is 1. The molecule has 0 unspecified atom stereocenters. The molecular formula is C15H12FN3O. The minimum absolute atomic E-state index is 0.132. The summed E-state index contributed by atoms with van der Waals surface area (Å²) in [4.78, 5) is 8.17. The summed E-state index contributed by atoms with van der Waals surface area (Å²) in [5.74, 6) is -0.0227. The molecule has 1 aromatic heterocycles. The van der Waals surface area contributed by atoms with E-state index >= 15 is 0 Å². The number of fused-ring (bicyclic) bond motifs is 1. The normalized spacial score (nSPS) is 10.7. The van der Waals surface area contributed by atoms with Crippen LogP contribution in [0.5, 0.6) is 11.6 Å². The van der Waals surface area contributed by atoms with Gasteiger partial charge in [-0.2, -0.15) is 0 Å². The summed E-state index contributed by atoms with van der Waals surface area (Å²) < 4.78 is 19.3. The second-order valence-electron chi connectivity index (χ2n) is 4.46. The number of nitrogens with zero attached hydrogens (tertiary/aromatic N) is 2. The summed E-state index contributed by atoms with van der Waals surface area (Å²) in [5.41, 5.74) is 7.87. The zero-order valence-electron chi connectivity index (χ0n) is 10.8. The molecule has 0 aliphatic heterocycles. The number of hydrogen-bond donors (Lipinski definition) is 1. The molecule has 0 aliphatic rings. The fourth-order valence-corrected chi connectivity index (χ4v) is 1.96. The fourth-order valence-electron chi connectivity index (χ4n) is 1.96. The Hall–Kier alpha value is -2.69. The molecule has 3 rings (SSSR count). The average molecular weight is 269 g/mol. The van der Waals surface area contributed by atoms with Crippen LogP contribution in [-0.4, -0.2) is 9.97 Å². The number of para-hydroxylation sites is 1. The maximum absolute atomic E-state index is 13.7. The van der Waals surface area contributed by atoms with Crippen molar-refractivity contribution < 1.29 is 9.13 Å². The van der Waals surface area contributed by atoms with Crippen LogP contribution in [0.2, 0.25) is 0 Å². The molecule has 0 fully saturated rings. The number of rotatable bonds is 2. The van der Waals surface area contributed by atoms with Crippen molar-refractivity contribution in [3.05, 3.63) is 54.1 Å². The third-order valence-electron chi connectivity index (χ3n) is 2.95. The van der Waals surface area contributed by atoms with E-state index < -0.39 is 5.82 Å². The maximum atomic E-state index is 13.7. The summed E-state index contributed by atoms with van der Waals surface area (Å²) >= 11 is 0. The zero-order chi connectivity index (χ0) is 14.1. The van der Waals surface area contributed by atoms with Crippen LogP contribution in [0.1, 0.15) is 5.56 Å². The fraction of sp³-hybridized carbons (Fsp3) is 0.0667. The molecule has 100 valence electrons. The standard InChI is InChI=1S/C15H12FN3O/c1-9-5-6-11(16)13(7-9)20-15-10-3-2-4-12(17)14(10)18-8-19-15/h2-8H,17H2,1H3. The molecule has 3 aromatic rings. The highest BCUT2D eigenvalue weighted by atomic mass is 19.1. The molecule has 2 N–H and O–H groups in total. The lowest BCUT2D eigenvalue weighted by molar-refractivity contribution is 0.431. The second-order valence-corrected chi connectivity index (χ2v) is 4.46. The molecule has 2 aromatic carbocycles. The van der Waals surface area contributed by atoms with Crippen molar-refractivity contribution in [3.8, 4) is 11.6 Å². The van der Waals surface area contributed by atoms with Crippen LogP contribution < -0.4 is 10.5 Å². The van der Waals surface area contributed by atoms with E-state index in [1.807, 2.05) is 6.92 Å². The first-order chi connectivity index (χ1) is 9.65. The van der Waals surface area contributed by atoms with Gasteiger partial charge in [0, 0.05) is 0 Å². The van der Waals surface area contributed by atoms with Crippen LogP contribution in [0.15, 0.2) is 42.7 Å². The first kappa shape index (κ1) is 12.3. The highest BCUT2D eigenvalue weighted by Crippen LogP contribution is 2.30. The number of aromatic nitrogens is 2. The van der Waals surface area contributed by atoms with E-state index in [-0.39, 0.29) is 11.6 Å². The number of aryl methyl sites for hydroxylation is 1. The quantitative estimate of drug-likeness (QED) is 0.724. The van der Waals surface area contributed by atoms with Gasteiger partial charge in [0.15, 0.2) is 11.6 Å². The Morgan fingerprint density at radius 1 is 1.15 bits per heavy atom. The Kier molecular flexibility index (Phi) is 2.95. The van der Waals surface area contributed by atoms with E-state index in [0.717, 1.165) is 5.56 Å². The lowest BCUT2D eigenvalue weighted by Gasteiger charge is -2.09. The molecule has 5 heteroatoms. The maximum Gasteiger partial charge on any atom is 0.230 e. The minimum Gasteiger partial charge on any atom is -0.435 e. The van der Waals surface area contributed by atoms with Crippen LogP contribution in [0.4, 0.5) is 10.1 Å².